The number of aromatic amines is 1. The monoisotopic (exact) mass is 389 g/mol. The third kappa shape index (κ3) is 2.88. The minimum atomic E-state index is -0.168. The van der Waals surface area contributed by atoms with E-state index in [0.717, 1.165) is 27.5 Å². The number of hydrogen-bond acceptors (Lipinski definition) is 3. The van der Waals surface area contributed by atoms with Crippen LogP contribution in [0.15, 0.2) is 71.8 Å². The van der Waals surface area contributed by atoms with E-state index in [4.69, 9.17) is 11.6 Å². The summed E-state index contributed by atoms with van der Waals surface area (Å²) in [5, 5.41) is 8.96. The molecule has 1 N–H and O–H groups in total. The van der Waals surface area contributed by atoms with Gasteiger partial charge in [0.2, 0.25) is 0 Å². The molecule has 5 rings (SSSR count). The lowest BCUT2D eigenvalue weighted by atomic mass is 10.1. The van der Waals surface area contributed by atoms with Gasteiger partial charge in [0, 0.05) is 17.8 Å². The van der Waals surface area contributed by atoms with E-state index in [2.05, 4.69) is 27.3 Å². The Kier molecular flexibility index (Phi) is 3.98. The molecule has 5 aromatic rings. The van der Waals surface area contributed by atoms with Gasteiger partial charge in [0.1, 0.15) is 10.5 Å². The first-order valence-corrected chi connectivity index (χ1v) is 9.29. The fourth-order valence-corrected chi connectivity index (χ4v) is 3.71. The maximum Gasteiger partial charge on any atom is 0.277 e. The van der Waals surface area contributed by atoms with E-state index < -0.39 is 0 Å². The Bertz CT molecular complexity index is 1330. The summed E-state index contributed by atoms with van der Waals surface area (Å²) in [6.45, 7) is 1.15. The molecule has 0 aliphatic heterocycles. The van der Waals surface area contributed by atoms with Gasteiger partial charge in [-0.25, -0.2) is 9.67 Å². The SMILES string of the molecule is O=c1c2c(Cl)nc3ccccc3c2[nH]n1Cc1ccc(Cn2cccn2)cc1. The summed E-state index contributed by atoms with van der Waals surface area (Å²) >= 11 is 6.29. The largest absolute Gasteiger partial charge is 0.294 e. The van der Waals surface area contributed by atoms with Crippen molar-refractivity contribution in [1.82, 2.24) is 24.5 Å². The number of benzene rings is 2. The van der Waals surface area contributed by atoms with Gasteiger partial charge in [-0.1, -0.05) is 54.1 Å². The smallest absolute Gasteiger partial charge is 0.277 e. The van der Waals surface area contributed by atoms with Crippen LogP contribution >= 0.6 is 11.6 Å². The Morgan fingerprint density at radius 1 is 0.964 bits per heavy atom. The topological polar surface area (TPSA) is 68.5 Å². The molecular weight excluding hydrogens is 374 g/mol. The molecular formula is C21H16ClN5O. The molecule has 0 saturated heterocycles. The first kappa shape index (κ1) is 16.8. The molecule has 0 aliphatic carbocycles. The number of aromatic nitrogens is 5. The zero-order chi connectivity index (χ0) is 19.1. The quantitative estimate of drug-likeness (QED) is 0.475. The Morgan fingerprint density at radius 2 is 1.71 bits per heavy atom. The lowest BCUT2D eigenvalue weighted by Gasteiger charge is -2.05. The summed E-state index contributed by atoms with van der Waals surface area (Å²) in [5.41, 5.74) is 3.48. The fraction of sp³-hybridized carbons (Fsp3) is 0.0952. The third-order valence-corrected chi connectivity index (χ3v) is 5.09. The highest BCUT2D eigenvalue weighted by Gasteiger charge is 2.15. The summed E-state index contributed by atoms with van der Waals surface area (Å²) in [5.74, 6) is 0. The molecule has 0 fully saturated rings. The van der Waals surface area contributed by atoms with Crippen LogP contribution in [0.3, 0.4) is 0 Å². The molecule has 0 spiro atoms. The summed E-state index contributed by atoms with van der Waals surface area (Å²) in [6.07, 6.45) is 3.69. The molecule has 3 heterocycles. The minimum absolute atomic E-state index is 0.168. The number of pyridine rings is 1. The zero-order valence-electron chi connectivity index (χ0n) is 14.8. The van der Waals surface area contributed by atoms with Crippen molar-refractivity contribution in [1.29, 1.82) is 0 Å². The second-order valence-corrected chi connectivity index (χ2v) is 7.05. The number of halogens is 1. The first-order valence-electron chi connectivity index (χ1n) is 8.91. The predicted molar refractivity (Wildman–Crippen MR) is 110 cm³/mol. The van der Waals surface area contributed by atoms with Gasteiger partial charge in [-0.15, -0.1) is 0 Å². The molecule has 2 aromatic carbocycles. The van der Waals surface area contributed by atoms with Crippen LogP contribution in [0.2, 0.25) is 5.15 Å². The average molecular weight is 390 g/mol. The number of nitrogens with zero attached hydrogens (tertiary/aromatic N) is 4. The van der Waals surface area contributed by atoms with Gasteiger partial charge in [-0.2, -0.15) is 5.10 Å². The molecule has 28 heavy (non-hydrogen) atoms. The molecule has 3 aromatic heterocycles. The zero-order valence-corrected chi connectivity index (χ0v) is 15.6. The van der Waals surface area contributed by atoms with Crippen molar-refractivity contribution in [3.05, 3.63) is 93.6 Å². The fourth-order valence-electron chi connectivity index (χ4n) is 3.44. The first-order chi connectivity index (χ1) is 13.7. The summed E-state index contributed by atoms with van der Waals surface area (Å²) < 4.78 is 3.45. The van der Waals surface area contributed by atoms with Gasteiger partial charge < -0.3 is 0 Å². The lowest BCUT2D eigenvalue weighted by molar-refractivity contribution is 0.669. The van der Waals surface area contributed by atoms with Crippen LogP contribution in [0.1, 0.15) is 11.1 Å². The molecule has 7 heteroatoms. The van der Waals surface area contributed by atoms with Crippen molar-refractivity contribution in [3.63, 3.8) is 0 Å². The minimum Gasteiger partial charge on any atom is -0.294 e. The molecule has 0 amide bonds. The Balaban J connectivity index is 1.50. The van der Waals surface area contributed by atoms with Crippen LogP contribution in [0.4, 0.5) is 0 Å². The molecule has 0 bridgehead atoms. The maximum absolute atomic E-state index is 12.9. The van der Waals surface area contributed by atoms with Gasteiger partial charge >= 0.3 is 0 Å². The maximum atomic E-state index is 12.9. The van der Waals surface area contributed by atoms with E-state index in [1.54, 1.807) is 10.9 Å². The molecule has 6 nitrogen and oxygen atoms in total. The van der Waals surface area contributed by atoms with Crippen LogP contribution in [-0.2, 0) is 13.1 Å². The second-order valence-electron chi connectivity index (χ2n) is 6.69. The number of hydrogen-bond donors (Lipinski definition) is 1. The van der Waals surface area contributed by atoms with Gasteiger partial charge in [0.25, 0.3) is 5.56 Å². The van der Waals surface area contributed by atoms with Gasteiger partial charge in [0.15, 0.2) is 0 Å². The van der Waals surface area contributed by atoms with Crippen molar-refractivity contribution in [2.45, 2.75) is 13.1 Å². The standard InChI is InChI=1S/C21H16ClN5O/c22-20-18-19(16-4-1-2-5-17(16)24-20)25-27(21(18)28)13-15-8-6-14(7-9-15)12-26-11-3-10-23-26/h1-11,25H,12-13H2. The number of fused-ring (bicyclic) bond motifs is 3. The van der Waals surface area contributed by atoms with Crippen molar-refractivity contribution >= 4 is 33.4 Å². The highest BCUT2D eigenvalue weighted by atomic mass is 35.5. The Hall–Kier alpha value is -3.38. The highest BCUT2D eigenvalue weighted by molar-refractivity contribution is 6.35. The van der Waals surface area contributed by atoms with Gasteiger partial charge in [-0.3, -0.25) is 14.6 Å². The summed E-state index contributed by atoms with van der Waals surface area (Å²) in [6, 6.07) is 17.7. The van der Waals surface area contributed by atoms with Crippen LogP contribution < -0.4 is 5.56 Å². The molecule has 0 atom stereocenters. The third-order valence-electron chi connectivity index (χ3n) is 4.82. The predicted octanol–water partition coefficient (Wildman–Crippen LogP) is 3.82. The summed E-state index contributed by atoms with van der Waals surface area (Å²) in [7, 11) is 0. The van der Waals surface area contributed by atoms with E-state index in [-0.39, 0.29) is 10.7 Å². The van der Waals surface area contributed by atoms with Crippen molar-refractivity contribution in [2.75, 3.05) is 0 Å². The molecule has 138 valence electrons. The van der Waals surface area contributed by atoms with Crippen LogP contribution in [0.25, 0.3) is 21.8 Å². The molecule has 0 unspecified atom stereocenters. The van der Waals surface area contributed by atoms with Gasteiger partial charge in [-0.05, 0) is 23.3 Å². The molecule has 0 aliphatic rings. The van der Waals surface area contributed by atoms with E-state index >= 15 is 0 Å². The van der Waals surface area contributed by atoms with Crippen LogP contribution in [0, 0.1) is 0 Å². The lowest BCUT2D eigenvalue weighted by Crippen LogP contribution is -2.17. The molecule has 0 radical (unpaired) electrons. The Labute approximate surface area is 165 Å². The normalized spacial score (nSPS) is 11.5. The summed E-state index contributed by atoms with van der Waals surface area (Å²) in [4.78, 5) is 17.2. The van der Waals surface area contributed by atoms with E-state index in [0.29, 0.717) is 18.5 Å². The van der Waals surface area contributed by atoms with Crippen molar-refractivity contribution < 1.29 is 0 Å². The highest BCUT2D eigenvalue weighted by Crippen LogP contribution is 2.25. The van der Waals surface area contributed by atoms with E-state index in [9.17, 15) is 4.79 Å². The number of H-pyrrole nitrogens is 1. The number of nitrogens with one attached hydrogen (secondary N) is 1. The number of rotatable bonds is 4. The second kappa shape index (κ2) is 6.65. The Morgan fingerprint density at radius 3 is 2.46 bits per heavy atom. The van der Waals surface area contributed by atoms with E-state index in [1.165, 1.54) is 0 Å². The van der Waals surface area contributed by atoms with Crippen molar-refractivity contribution in [3.8, 4) is 0 Å². The average Bonchev–Trinajstić information content (AvgIpc) is 3.32. The van der Waals surface area contributed by atoms with Crippen molar-refractivity contribution in [2.24, 2.45) is 0 Å². The van der Waals surface area contributed by atoms with Gasteiger partial charge in [0.05, 0.1) is 24.1 Å². The number of para-hydroxylation sites is 1. The van der Waals surface area contributed by atoms with Crippen LogP contribution in [0.5, 0.6) is 0 Å². The molecule has 0 saturated carbocycles. The van der Waals surface area contributed by atoms with E-state index in [1.807, 2.05) is 53.3 Å². The van der Waals surface area contributed by atoms with Crippen LogP contribution in [-0.4, -0.2) is 24.5 Å².